The Bertz CT molecular complexity index is 481. The number of rotatable bonds is 6. The van der Waals surface area contributed by atoms with Crippen LogP contribution in [0.2, 0.25) is 0 Å². The molecule has 19 heavy (non-hydrogen) atoms. The first-order valence-corrected chi connectivity index (χ1v) is 6.20. The van der Waals surface area contributed by atoms with Crippen molar-refractivity contribution in [2.24, 2.45) is 0 Å². The van der Waals surface area contributed by atoms with Crippen LogP contribution in [0.5, 0.6) is 0 Å². The van der Waals surface area contributed by atoms with Crippen molar-refractivity contribution in [1.29, 1.82) is 0 Å². The van der Waals surface area contributed by atoms with Crippen LogP contribution in [0.3, 0.4) is 0 Å². The molecule has 0 aliphatic carbocycles. The average Bonchev–Trinajstić information content (AvgIpc) is 2.36. The molecule has 5 nitrogen and oxygen atoms in total. The first kappa shape index (κ1) is 15.6. The Morgan fingerprint density at radius 3 is 2.74 bits per heavy atom. The highest BCUT2D eigenvalue weighted by Gasteiger charge is 2.21. The number of carboxylic acid groups (broad SMARTS) is 1. The SMILES string of the molecule is COCCN(CC(=O)O)C(=O)c1cc(Br)ccc1F. The fraction of sp³-hybridized carbons (Fsp3) is 0.333. The molecule has 0 fully saturated rings. The molecule has 0 radical (unpaired) electrons. The van der Waals surface area contributed by atoms with Crippen molar-refractivity contribution in [2.45, 2.75) is 0 Å². The molecule has 7 heteroatoms. The molecule has 0 saturated heterocycles. The predicted molar refractivity (Wildman–Crippen MR) is 69.5 cm³/mol. The van der Waals surface area contributed by atoms with Crippen molar-refractivity contribution in [2.75, 3.05) is 26.8 Å². The third-order valence-electron chi connectivity index (χ3n) is 2.34. The summed E-state index contributed by atoms with van der Waals surface area (Å²) < 4.78 is 18.9. The lowest BCUT2D eigenvalue weighted by molar-refractivity contribution is -0.137. The van der Waals surface area contributed by atoms with E-state index in [-0.39, 0.29) is 18.7 Å². The second-order valence-electron chi connectivity index (χ2n) is 3.74. The van der Waals surface area contributed by atoms with Gasteiger partial charge in [0.2, 0.25) is 0 Å². The summed E-state index contributed by atoms with van der Waals surface area (Å²) in [7, 11) is 1.43. The number of carboxylic acids is 1. The summed E-state index contributed by atoms with van der Waals surface area (Å²) in [4.78, 5) is 23.9. The molecule has 0 spiro atoms. The predicted octanol–water partition coefficient (Wildman–Crippen LogP) is 1.76. The zero-order valence-electron chi connectivity index (χ0n) is 10.2. The maximum Gasteiger partial charge on any atom is 0.323 e. The lowest BCUT2D eigenvalue weighted by atomic mass is 10.2. The fourth-order valence-electron chi connectivity index (χ4n) is 1.45. The van der Waals surface area contributed by atoms with Crippen LogP contribution in [0, 0.1) is 5.82 Å². The van der Waals surface area contributed by atoms with E-state index >= 15 is 0 Å². The van der Waals surface area contributed by atoms with Crippen LogP contribution in [0.1, 0.15) is 10.4 Å². The highest BCUT2D eigenvalue weighted by Crippen LogP contribution is 2.17. The number of nitrogens with zero attached hydrogens (tertiary/aromatic N) is 1. The lowest BCUT2D eigenvalue weighted by Crippen LogP contribution is -2.38. The van der Waals surface area contributed by atoms with Gasteiger partial charge in [0.25, 0.3) is 5.91 Å². The number of carbonyl (C=O) groups is 2. The molecule has 0 unspecified atom stereocenters. The van der Waals surface area contributed by atoms with Crippen LogP contribution in [-0.2, 0) is 9.53 Å². The molecule has 0 atom stereocenters. The molecular formula is C12H13BrFNO4. The van der Waals surface area contributed by atoms with E-state index in [4.69, 9.17) is 9.84 Å². The minimum atomic E-state index is -1.17. The summed E-state index contributed by atoms with van der Waals surface area (Å²) >= 11 is 3.14. The number of hydrogen-bond acceptors (Lipinski definition) is 3. The van der Waals surface area contributed by atoms with E-state index < -0.39 is 24.2 Å². The number of benzene rings is 1. The van der Waals surface area contributed by atoms with Crippen LogP contribution in [0.4, 0.5) is 4.39 Å². The molecule has 0 aliphatic heterocycles. The molecule has 0 bridgehead atoms. The Hall–Kier alpha value is -1.47. The third-order valence-corrected chi connectivity index (χ3v) is 2.83. The van der Waals surface area contributed by atoms with Gasteiger partial charge in [-0.2, -0.15) is 0 Å². The summed E-state index contributed by atoms with van der Waals surface area (Å²) in [5, 5.41) is 8.77. The topological polar surface area (TPSA) is 66.8 Å². The van der Waals surface area contributed by atoms with Gasteiger partial charge >= 0.3 is 5.97 Å². The van der Waals surface area contributed by atoms with Crippen molar-refractivity contribution in [3.8, 4) is 0 Å². The Balaban J connectivity index is 2.97. The van der Waals surface area contributed by atoms with Gasteiger partial charge in [0.15, 0.2) is 0 Å². The standard InChI is InChI=1S/C12H13BrFNO4/c1-19-5-4-15(7-11(16)17)12(18)9-6-8(13)2-3-10(9)14/h2-3,6H,4-5,7H2,1H3,(H,16,17). The highest BCUT2D eigenvalue weighted by atomic mass is 79.9. The van der Waals surface area contributed by atoms with Crippen molar-refractivity contribution >= 4 is 27.8 Å². The van der Waals surface area contributed by atoms with Crippen LogP contribution < -0.4 is 0 Å². The Morgan fingerprint density at radius 2 is 2.16 bits per heavy atom. The van der Waals surface area contributed by atoms with Gasteiger partial charge in [0.1, 0.15) is 12.4 Å². The summed E-state index contributed by atoms with van der Waals surface area (Å²) in [6.45, 7) is -0.254. The summed E-state index contributed by atoms with van der Waals surface area (Å²) in [6.07, 6.45) is 0. The normalized spacial score (nSPS) is 10.3. The van der Waals surface area contributed by atoms with Gasteiger partial charge in [-0.05, 0) is 18.2 Å². The number of ether oxygens (including phenoxy) is 1. The molecule has 0 saturated carbocycles. The second-order valence-corrected chi connectivity index (χ2v) is 4.65. The maximum absolute atomic E-state index is 13.6. The molecule has 1 amide bonds. The third kappa shape index (κ3) is 4.60. The van der Waals surface area contributed by atoms with Crippen LogP contribution >= 0.6 is 15.9 Å². The van der Waals surface area contributed by atoms with Crippen LogP contribution in [0.25, 0.3) is 0 Å². The molecule has 1 aromatic carbocycles. The van der Waals surface area contributed by atoms with E-state index in [0.717, 1.165) is 11.0 Å². The van der Waals surface area contributed by atoms with Crippen molar-refractivity contribution < 1.29 is 23.8 Å². The fourth-order valence-corrected chi connectivity index (χ4v) is 1.81. The molecule has 0 aliphatic rings. The van der Waals surface area contributed by atoms with E-state index in [1.54, 1.807) is 0 Å². The number of methoxy groups -OCH3 is 1. The van der Waals surface area contributed by atoms with Crippen molar-refractivity contribution in [1.82, 2.24) is 4.90 Å². The van der Waals surface area contributed by atoms with Gasteiger partial charge in [-0.25, -0.2) is 4.39 Å². The zero-order valence-corrected chi connectivity index (χ0v) is 11.8. The van der Waals surface area contributed by atoms with Crippen molar-refractivity contribution in [3.63, 3.8) is 0 Å². The first-order chi connectivity index (χ1) is 8.95. The molecule has 0 aromatic heterocycles. The highest BCUT2D eigenvalue weighted by molar-refractivity contribution is 9.10. The van der Waals surface area contributed by atoms with Gasteiger partial charge < -0.3 is 14.7 Å². The Morgan fingerprint density at radius 1 is 1.47 bits per heavy atom. The van der Waals surface area contributed by atoms with Gasteiger partial charge in [0, 0.05) is 18.1 Å². The van der Waals surface area contributed by atoms with Crippen LogP contribution in [-0.4, -0.2) is 48.7 Å². The van der Waals surface area contributed by atoms with E-state index in [9.17, 15) is 14.0 Å². The molecular weight excluding hydrogens is 321 g/mol. The van der Waals surface area contributed by atoms with Gasteiger partial charge in [-0.15, -0.1) is 0 Å². The monoisotopic (exact) mass is 333 g/mol. The van der Waals surface area contributed by atoms with Crippen molar-refractivity contribution in [3.05, 3.63) is 34.1 Å². The lowest BCUT2D eigenvalue weighted by Gasteiger charge is -2.20. The number of halogens is 2. The minimum absolute atomic E-state index is 0.0770. The summed E-state index contributed by atoms with van der Waals surface area (Å²) in [6, 6.07) is 3.93. The van der Waals surface area contributed by atoms with Gasteiger partial charge in [-0.1, -0.05) is 15.9 Å². The first-order valence-electron chi connectivity index (χ1n) is 5.40. The summed E-state index contributed by atoms with van der Waals surface area (Å²) in [5.74, 6) is -2.54. The van der Waals surface area contributed by atoms with E-state index in [0.29, 0.717) is 4.47 Å². The number of carbonyl (C=O) groups excluding carboxylic acids is 1. The minimum Gasteiger partial charge on any atom is -0.480 e. The van der Waals surface area contributed by atoms with E-state index in [1.807, 2.05) is 0 Å². The van der Waals surface area contributed by atoms with Crippen LogP contribution in [0.15, 0.2) is 22.7 Å². The second kappa shape index (κ2) is 7.20. The Kier molecular flexibility index (Phi) is 5.91. The maximum atomic E-state index is 13.6. The quantitative estimate of drug-likeness (QED) is 0.861. The number of aliphatic carboxylic acids is 1. The number of hydrogen-bond donors (Lipinski definition) is 1. The molecule has 1 aromatic rings. The zero-order chi connectivity index (χ0) is 14.4. The average molecular weight is 334 g/mol. The molecule has 104 valence electrons. The summed E-state index contributed by atoms with van der Waals surface area (Å²) in [5.41, 5.74) is -0.174. The van der Waals surface area contributed by atoms with Gasteiger partial charge in [0.05, 0.1) is 12.2 Å². The molecule has 1 N–H and O–H groups in total. The largest absolute Gasteiger partial charge is 0.480 e. The number of amides is 1. The van der Waals surface area contributed by atoms with E-state index in [2.05, 4.69) is 15.9 Å². The van der Waals surface area contributed by atoms with Gasteiger partial charge in [-0.3, -0.25) is 9.59 Å². The smallest absolute Gasteiger partial charge is 0.323 e. The Labute approximate surface area is 118 Å². The molecule has 0 heterocycles. The van der Waals surface area contributed by atoms with E-state index in [1.165, 1.54) is 19.2 Å². The molecule has 1 rings (SSSR count).